The van der Waals surface area contributed by atoms with Gasteiger partial charge in [0.1, 0.15) is 24.5 Å². The molecule has 2 aromatic carbocycles. The Kier molecular flexibility index (Phi) is 5.27. The predicted molar refractivity (Wildman–Crippen MR) is 73.2 cm³/mol. The van der Waals surface area contributed by atoms with Crippen molar-refractivity contribution in [3.05, 3.63) is 48.5 Å². The molecule has 0 aliphatic heterocycles. The van der Waals surface area contributed by atoms with Crippen molar-refractivity contribution in [1.82, 2.24) is 0 Å². The molecule has 0 aromatic heterocycles. The summed E-state index contributed by atoms with van der Waals surface area (Å²) >= 11 is 0. The summed E-state index contributed by atoms with van der Waals surface area (Å²) in [5.74, 6) is 0.568. The molecule has 0 fully saturated rings. The number of carbonyl (C=O) groups excluding carboxylic acids is 1. The van der Waals surface area contributed by atoms with Gasteiger partial charge in [0.2, 0.25) is 0 Å². The Hall–Kier alpha value is -1.94. The second kappa shape index (κ2) is 6.71. The van der Waals surface area contributed by atoms with Crippen molar-refractivity contribution >= 4 is 17.7 Å². The molecule has 94 valence electrons. The number of rotatable bonds is 2. The molecule has 4 heteroatoms. The number of benzene rings is 2. The molecule has 0 unspecified atom stereocenters. The minimum absolute atomic E-state index is 0.0356. The maximum atomic E-state index is 9.22. The minimum atomic E-state index is -0.0356. The summed E-state index contributed by atoms with van der Waals surface area (Å²) in [6, 6.07) is 14.5. The van der Waals surface area contributed by atoms with Gasteiger partial charge in [-0.15, -0.1) is 0 Å². The highest BCUT2D eigenvalue weighted by Gasteiger charge is 2.18. The predicted octanol–water partition coefficient (Wildman–Crippen LogP) is 2.58. The average molecular weight is 263 g/mol. The molecule has 3 nitrogen and oxygen atoms in total. The first-order valence-corrected chi connectivity index (χ1v) is 6.83. The topological polar surface area (TPSA) is 57.5 Å². The van der Waals surface area contributed by atoms with E-state index in [2.05, 4.69) is 6.26 Å². The molecule has 0 spiro atoms. The molecule has 0 saturated heterocycles. The maximum Gasteiger partial charge on any atom is 0.160 e. The van der Waals surface area contributed by atoms with Gasteiger partial charge in [0.05, 0.1) is 10.9 Å². The fraction of sp³-hybridized carbons (Fsp3) is 0.0714. The monoisotopic (exact) mass is 263 g/mol. The fourth-order valence-electron chi connectivity index (χ4n) is 1.44. The summed E-state index contributed by atoms with van der Waals surface area (Å²) in [5.41, 5.74) is 0. The van der Waals surface area contributed by atoms with Crippen LogP contribution in [0.5, 0.6) is 11.5 Å². The van der Waals surface area contributed by atoms with Crippen molar-refractivity contribution in [2.45, 2.75) is 9.79 Å². The Morgan fingerprint density at radius 1 is 0.778 bits per heavy atom. The van der Waals surface area contributed by atoms with Crippen LogP contribution >= 0.6 is 0 Å². The third-order valence-electron chi connectivity index (χ3n) is 2.38. The quantitative estimate of drug-likeness (QED) is 0.819. The van der Waals surface area contributed by atoms with E-state index in [-0.39, 0.29) is 22.4 Å². The largest absolute Gasteiger partial charge is 0.508 e. The lowest BCUT2D eigenvalue weighted by Gasteiger charge is -2.02. The molecule has 0 heterocycles. The molecular formula is C14H15O3S+. The first-order chi connectivity index (χ1) is 8.66. The minimum Gasteiger partial charge on any atom is -0.508 e. The van der Waals surface area contributed by atoms with Gasteiger partial charge in [-0.1, -0.05) is 0 Å². The normalized spacial score (nSPS) is 9.67. The molecular weight excluding hydrogens is 248 g/mol. The first-order valence-electron chi connectivity index (χ1n) is 5.20. The van der Waals surface area contributed by atoms with Crippen LogP contribution in [0.4, 0.5) is 0 Å². The lowest BCUT2D eigenvalue weighted by atomic mass is 10.3. The molecule has 0 saturated carbocycles. The lowest BCUT2D eigenvalue weighted by molar-refractivity contribution is -0.0979. The molecule has 0 aliphatic carbocycles. The van der Waals surface area contributed by atoms with Crippen LogP contribution in [0.2, 0.25) is 0 Å². The lowest BCUT2D eigenvalue weighted by Crippen LogP contribution is -1.99. The van der Waals surface area contributed by atoms with Crippen molar-refractivity contribution in [2.75, 3.05) is 6.26 Å². The zero-order valence-electron chi connectivity index (χ0n) is 10.0. The van der Waals surface area contributed by atoms with Gasteiger partial charge < -0.3 is 15.0 Å². The summed E-state index contributed by atoms with van der Waals surface area (Å²) in [6.45, 7) is 2.00. The molecule has 2 aromatic rings. The van der Waals surface area contributed by atoms with Gasteiger partial charge >= 0.3 is 0 Å². The summed E-state index contributed by atoms with van der Waals surface area (Å²) in [7, 11) is -0.0356. The summed E-state index contributed by atoms with van der Waals surface area (Å²) < 4.78 is 0. The SMILES string of the molecule is C=O.C[S+](c1ccc(O)cc1)c1ccc(O)cc1. The number of hydrogen-bond donors (Lipinski definition) is 2. The zero-order chi connectivity index (χ0) is 13.5. The van der Waals surface area contributed by atoms with Gasteiger partial charge in [0.25, 0.3) is 0 Å². The zero-order valence-corrected chi connectivity index (χ0v) is 10.9. The summed E-state index contributed by atoms with van der Waals surface area (Å²) in [4.78, 5) is 10.3. The van der Waals surface area contributed by atoms with E-state index in [1.165, 1.54) is 9.79 Å². The van der Waals surface area contributed by atoms with Gasteiger partial charge in [0.15, 0.2) is 9.79 Å². The van der Waals surface area contributed by atoms with E-state index in [9.17, 15) is 10.2 Å². The van der Waals surface area contributed by atoms with E-state index < -0.39 is 0 Å². The standard InChI is InChI=1S/C13H12O2S.CH2O/c1-16(12-6-2-10(14)3-7-12)13-8-4-11(15)5-9-13;1-2/h2-9H,1H3,(H-,14,15);1H2/p+1. The number of carbonyl (C=O) groups is 1. The van der Waals surface area contributed by atoms with Crippen molar-refractivity contribution in [2.24, 2.45) is 0 Å². The highest BCUT2D eigenvalue weighted by molar-refractivity contribution is 7.96. The van der Waals surface area contributed by atoms with Crippen molar-refractivity contribution in [1.29, 1.82) is 0 Å². The number of hydrogen-bond acceptors (Lipinski definition) is 3. The number of phenolic OH excluding ortho intramolecular Hbond substituents is 2. The Bertz CT molecular complexity index is 434. The highest BCUT2D eigenvalue weighted by Crippen LogP contribution is 2.24. The van der Waals surface area contributed by atoms with Crippen LogP contribution in [0, 0.1) is 0 Å². The molecule has 2 rings (SSSR count). The van der Waals surface area contributed by atoms with Crippen LogP contribution in [0.15, 0.2) is 58.3 Å². The molecule has 0 atom stereocenters. The Labute approximate surface area is 109 Å². The van der Waals surface area contributed by atoms with E-state index in [0.29, 0.717) is 0 Å². The van der Waals surface area contributed by atoms with Crippen molar-refractivity contribution < 1.29 is 15.0 Å². The number of phenols is 2. The van der Waals surface area contributed by atoms with Crippen molar-refractivity contribution in [3.8, 4) is 11.5 Å². The smallest absolute Gasteiger partial charge is 0.160 e. The van der Waals surface area contributed by atoms with Crippen LogP contribution in [0.1, 0.15) is 0 Å². The first kappa shape index (κ1) is 14.1. The van der Waals surface area contributed by atoms with E-state index >= 15 is 0 Å². The molecule has 0 bridgehead atoms. The Morgan fingerprint density at radius 3 is 1.33 bits per heavy atom. The molecule has 0 radical (unpaired) electrons. The second-order valence-electron chi connectivity index (χ2n) is 3.50. The van der Waals surface area contributed by atoms with Gasteiger partial charge in [-0.05, 0) is 48.5 Å². The van der Waals surface area contributed by atoms with Crippen LogP contribution in [0.25, 0.3) is 0 Å². The third-order valence-corrected chi connectivity index (χ3v) is 4.34. The molecule has 18 heavy (non-hydrogen) atoms. The van der Waals surface area contributed by atoms with E-state index in [1.807, 2.05) is 31.1 Å². The number of aromatic hydroxyl groups is 2. The van der Waals surface area contributed by atoms with E-state index in [4.69, 9.17) is 4.79 Å². The third kappa shape index (κ3) is 3.53. The average Bonchev–Trinajstić information content (AvgIpc) is 2.42. The highest BCUT2D eigenvalue weighted by atomic mass is 32.2. The van der Waals surface area contributed by atoms with E-state index in [0.717, 1.165) is 0 Å². The van der Waals surface area contributed by atoms with Crippen LogP contribution in [0.3, 0.4) is 0 Å². The van der Waals surface area contributed by atoms with Gasteiger partial charge in [-0.25, -0.2) is 0 Å². The summed E-state index contributed by atoms with van der Waals surface area (Å²) in [6.07, 6.45) is 2.12. The van der Waals surface area contributed by atoms with Gasteiger partial charge in [-0.2, -0.15) is 0 Å². The van der Waals surface area contributed by atoms with Crippen LogP contribution in [-0.2, 0) is 15.7 Å². The van der Waals surface area contributed by atoms with Gasteiger partial charge in [0, 0.05) is 0 Å². The fourth-order valence-corrected chi connectivity index (χ4v) is 2.80. The maximum absolute atomic E-state index is 9.22. The molecule has 0 amide bonds. The van der Waals surface area contributed by atoms with Crippen molar-refractivity contribution in [3.63, 3.8) is 0 Å². The van der Waals surface area contributed by atoms with Crippen LogP contribution < -0.4 is 0 Å². The Balaban J connectivity index is 0.000000771. The molecule has 2 N–H and O–H groups in total. The Morgan fingerprint density at radius 2 is 1.06 bits per heavy atom. The van der Waals surface area contributed by atoms with Crippen LogP contribution in [-0.4, -0.2) is 23.3 Å². The second-order valence-corrected chi connectivity index (χ2v) is 5.46. The summed E-state index contributed by atoms with van der Waals surface area (Å²) in [5, 5.41) is 18.4. The van der Waals surface area contributed by atoms with E-state index in [1.54, 1.807) is 24.3 Å². The van der Waals surface area contributed by atoms with Gasteiger partial charge in [-0.3, -0.25) is 0 Å². The molecule has 0 aliphatic rings.